The Kier molecular flexibility index (Phi) is 4.51. The van der Waals surface area contributed by atoms with Gasteiger partial charge < -0.3 is 10.6 Å². The fourth-order valence-corrected chi connectivity index (χ4v) is 3.45. The van der Waals surface area contributed by atoms with Gasteiger partial charge in [-0.3, -0.25) is 4.79 Å². The first-order chi connectivity index (χ1) is 13.0. The smallest absolute Gasteiger partial charge is 0.257 e. The van der Waals surface area contributed by atoms with E-state index in [0.29, 0.717) is 38.6 Å². The van der Waals surface area contributed by atoms with Crippen LogP contribution in [0.25, 0.3) is 0 Å². The van der Waals surface area contributed by atoms with Gasteiger partial charge in [-0.25, -0.2) is 4.98 Å². The molecule has 3 heterocycles. The highest BCUT2D eigenvalue weighted by molar-refractivity contribution is 6.35. The third-order valence-electron chi connectivity index (χ3n) is 4.12. The highest BCUT2D eigenvalue weighted by Gasteiger charge is 2.35. The average molecular weight is 402 g/mol. The van der Waals surface area contributed by atoms with Gasteiger partial charge in [-0.2, -0.15) is 4.68 Å². The molecule has 0 spiro atoms. The Morgan fingerprint density at radius 3 is 2.85 bits per heavy atom. The topological polar surface area (TPSA) is 97.6 Å². The molecule has 0 bridgehead atoms. The Hall–Kier alpha value is -2.97. The predicted octanol–water partition coefficient (Wildman–Crippen LogP) is 3.30. The van der Waals surface area contributed by atoms with E-state index in [9.17, 15) is 4.79 Å². The number of hydrogen-bond acceptors (Lipinski definition) is 6. The number of nitrogens with zero attached hydrogens (tertiary/aromatic N) is 5. The van der Waals surface area contributed by atoms with Crippen LogP contribution in [0.5, 0.6) is 0 Å². The Morgan fingerprint density at radius 1 is 1.26 bits per heavy atom. The summed E-state index contributed by atoms with van der Waals surface area (Å²) in [6.07, 6.45) is 1.60. The van der Waals surface area contributed by atoms with Crippen LogP contribution in [-0.4, -0.2) is 31.1 Å². The maximum atomic E-state index is 13.1. The fourth-order valence-electron chi connectivity index (χ4n) is 2.94. The van der Waals surface area contributed by atoms with E-state index in [0.717, 1.165) is 0 Å². The standard InChI is InChI=1S/C17H13Cl2N7O/c1-9-14(16(27)22-13-4-2-3-7-20-13)15(26-17(21-9)23-24-25-26)11-6-5-10(18)8-12(11)19/h2-8,15H,1H3,(H,20,22,27)(H,21,23,25). The van der Waals surface area contributed by atoms with Gasteiger partial charge in [0, 0.05) is 27.5 Å². The number of allylic oxidation sites excluding steroid dienone is 1. The molecule has 0 saturated heterocycles. The number of halogens is 2. The fraction of sp³-hybridized carbons (Fsp3) is 0.118. The van der Waals surface area contributed by atoms with Crippen LogP contribution in [-0.2, 0) is 4.79 Å². The molecule has 4 rings (SSSR count). The van der Waals surface area contributed by atoms with E-state index in [-0.39, 0.29) is 5.91 Å². The molecule has 1 unspecified atom stereocenters. The van der Waals surface area contributed by atoms with E-state index in [1.165, 1.54) is 4.68 Å². The van der Waals surface area contributed by atoms with Crippen molar-refractivity contribution in [1.82, 2.24) is 25.2 Å². The van der Waals surface area contributed by atoms with E-state index in [2.05, 4.69) is 31.1 Å². The number of pyridine rings is 1. The summed E-state index contributed by atoms with van der Waals surface area (Å²) in [7, 11) is 0. The third-order valence-corrected chi connectivity index (χ3v) is 4.68. The van der Waals surface area contributed by atoms with E-state index >= 15 is 0 Å². The second kappa shape index (κ2) is 6.98. The molecule has 0 radical (unpaired) electrons. The first-order valence-electron chi connectivity index (χ1n) is 7.97. The summed E-state index contributed by atoms with van der Waals surface area (Å²) < 4.78 is 1.51. The molecule has 1 amide bonds. The second-order valence-corrected chi connectivity index (χ2v) is 6.69. The van der Waals surface area contributed by atoms with Crippen molar-refractivity contribution in [2.45, 2.75) is 13.0 Å². The van der Waals surface area contributed by atoms with Gasteiger partial charge in [0.25, 0.3) is 5.91 Å². The lowest BCUT2D eigenvalue weighted by molar-refractivity contribution is -0.113. The summed E-state index contributed by atoms with van der Waals surface area (Å²) in [5.41, 5.74) is 1.69. The van der Waals surface area contributed by atoms with Gasteiger partial charge in [0.1, 0.15) is 11.9 Å². The zero-order chi connectivity index (χ0) is 19.0. The van der Waals surface area contributed by atoms with Gasteiger partial charge >= 0.3 is 0 Å². The maximum absolute atomic E-state index is 13.1. The molecule has 0 aliphatic carbocycles. The Labute approximate surface area is 164 Å². The van der Waals surface area contributed by atoms with Crippen molar-refractivity contribution in [3.63, 3.8) is 0 Å². The molecule has 1 atom stereocenters. The molecule has 10 heteroatoms. The highest BCUT2D eigenvalue weighted by Crippen LogP contribution is 2.38. The summed E-state index contributed by atoms with van der Waals surface area (Å²) in [6, 6.07) is 9.73. The number of hydrogen-bond donors (Lipinski definition) is 2. The number of nitrogens with one attached hydrogen (secondary N) is 2. The van der Waals surface area contributed by atoms with Crippen LogP contribution in [0.3, 0.4) is 0 Å². The average Bonchev–Trinajstić information content (AvgIpc) is 3.09. The SMILES string of the molecule is CC1=C(C(=O)Nc2ccccn2)C(c2ccc(Cl)cc2Cl)n2nnnc2N1. The minimum atomic E-state index is -0.621. The zero-order valence-corrected chi connectivity index (χ0v) is 15.5. The van der Waals surface area contributed by atoms with Crippen LogP contribution in [0, 0.1) is 0 Å². The Morgan fingerprint density at radius 2 is 2.11 bits per heavy atom. The van der Waals surface area contributed by atoms with Gasteiger partial charge in [-0.15, -0.1) is 0 Å². The first-order valence-corrected chi connectivity index (χ1v) is 8.73. The molecule has 1 aliphatic heterocycles. The second-order valence-electron chi connectivity index (χ2n) is 5.85. The molecule has 2 N–H and O–H groups in total. The number of aromatic nitrogens is 5. The largest absolute Gasteiger partial charge is 0.326 e. The van der Waals surface area contributed by atoms with E-state index in [1.807, 2.05) is 0 Å². The molecular weight excluding hydrogens is 389 g/mol. The van der Waals surface area contributed by atoms with Gasteiger partial charge in [0.05, 0.1) is 5.57 Å². The molecule has 3 aromatic rings. The summed E-state index contributed by atoms with van der Waals surface area (Å²) in [6.45, 7) is 1.78. The van der Waals surface area contributed by atoms with Crippen LogP contribution in [0.1, 0.15) is 18.5 Å². The van der Waals surface area contributed by atoms with Gasteiger partial charge in [-0.05, 0) is 41.6 Å². The maximum Gasteiger partial charge on any atom is 0.257 e. The molecule has 27 heavy (non-hydrogen) atoms. The van der Waals surface area contributed by atoms with Gasteiger partial charge in [-0.1, -0.05) is 40.4 Å². The van der Waals surface area contributed by atoms with E-state index in [4.69, 9.17) is 23.2 Å². The number of rotatable bonds is 3. The Balaban J connectivity index is 1.81. The summed E-state index contributed by atoms with van der Waals surface area (Å²) >= 11 is 12.4. The number of carbonyl (C=O) groups is 1. The third kappa shape index (κ3) is 3.24. The van der Waals surface area contributed by atoms with Crippen LogP contribution in [0.4, 0.5) is 11.8 Å². The van der Waals surface area contributed by atoms with Crippen molar-refractivity contribution in [1.29, 1.82) is 0 Å². The first kappa shape index (κ1) is 17.4. The lowest BCUT2D eigenvalue weighted by Gasteiger charge is -2.28. The highest BCUT2D eigenvalue weighted by atomic mass is 35.5. The normalized spacial score (nSPS) is 15.9. The molecule has 2 aromatic heterocycles. The molecule has 0 saturated carbocycles. The molecule has 136 valence electrons. The summed E-state index contributed by atoms with van der Waals surface area (Å²) in [4.78, 5) is 17.2. The van der Waals surface area contributed by atoms with Crippen LogP contribution in [0.2, 0.25) is 10.0 Å². The number of anilines is 2. The number of benzene rings is 1. The zero-order valence-electron chi connectivity index (χ0n) is 14.0. The number of carbonyl (C=O) groups excluding carboxylic acids is 1. The van der Waals surface area contributed by atoms with Gasteiger partial charge in [0.15, 0.2) is 0 Å². The minimum absolute atomic E-state index is 0.337. The number of fused-ring (bicyclic) bond motifs is 1. The van der Waals surface area contributed by atoms with Crippen LogP contribution in [0.15, 0.2) is 53.9 Å². The van der Waals surface area contributed by atoms with Crippen molar-refractivity contribution >= 4 is 40.9 Å². The quantitative estimate of drug-likeness (QED) is 0.698. The summed E-state index contributed by atoms with van der Waals surface area (Å²) in [5, 5.41) is 18.4. The van der Waals surface area contributed by atoms with E-state index < -0.39 is 6.04 Å². The minimum Gasteiger partial charge on any atom is -0.326 e. The van der Waals surface area contributed by atoms with Crippen molar-refractivity contribution in [3.8, 4) is 0 Å². The van der Waals surface area contributed by atoms with Crippen molar-refractivity contribution in [2.24, 2.45) is 0 Å². The lowest BCUT2D eigenvalue weighted by atomic mass is 9.95. The lowest BCUT2D eigenvalue weighted by Crippen LogP contribution is -2.31. The molecule has 1 aliphatic rings. The molecule has 1 aromatic carbocycles. The van der Waals surface area contributed by atoms with Crippen molar-refractivity contribution < 1.29 is 4.79 Å². The molecule has 0 fully saturated rings. The molecule has 8 nitrogen and oxygen atoms in total. The summed E-state index contributed by atoms with van der Waals surface area (Å²) in [5.74, 6) is 0.514. The van der Waals surface area contributed by atoms with Crippen molar-refractivity contribution in [3.05, 3.63) is 69.5 Å². The number of tetrazole rings is 1. The predicted molar refractivity (Wildman–Crippen MR) is 102 cm³/mol. The number of amides is 1. The van der Waals surface area contributed by atoms with E-state index in [1.54, 1.807) is 49.5 Å². The van der Waals surface area contributed by atoms with Crippen LogP contribution < -0.4 is 10.6 Å². The monoisotopic (exact) mass is 401 g/mol. The van der Waals surface area contributed by atoms with Crippen molar-refractivity contribution in [2.75, 3.05) is 10.6 Å². The molecular formula is C17H13Cl2N7O. The Bertz CT molecular complexity index is 1050. The van der Waals surface area contributed by atoms with Crippen LogP contribution >= 0.6 is 23.2 Å². The van der Waals surface area contributed by atoms with Gasteiger partial charge in [0.2, 0.25) is 5.95 Å².